The van der Waals surface area contributed by atoms with Crippen molar-refractivity contribution in [3.63, 3.8) is 0 Å². The first-order chi connectivity index (χ1) is 8.67. The van der Waals surface area contributed by atoms with Crippen LogP contribution in [0.3, 0.4) is 0 Å². The van der Waals surface area contributed by atoms with E-state index in [9.17, 15) is 27.5 Å². The summed E-state index contributed by atoms with van der Waals surface area (Å²) in [5.41, 5.74) is 0.677. The number of ether oxygens (including phenoxy) is 1. The molecule has 1 aliphatic rings. The molecular formula is C12H10F4O3. The number of hydrogen-bond acceptors (Lipinski definition) is 3. The Morgan fingerprint density at radius 3 is 2.63 bits per heavy atom. The van der Waals surface area contributed by atoms with E-state index in [1.807, 2.05) is 0 Å². The topological polar surface area (TPSA) is 46.5 Å². The maximum Gasteiger partial charge on any atom is 0.371 e. The second kappa shape index (κ2) is 4.19. The van der Waals surface area contributed by atoms with Crippen LogP contribution >= 0.6 is 0 Å². The fourth-order valence-corrected chi connectivity index (χ4v) is 1.84. The fourth-order valence-electron chi connectivity index (χ4n) is 1.84. The molecule has 1 heterocycles. The summed E-state index contributed by atoms with van der Waals surface area (Å²) in [7, 11) is 0. The molecule has 0 saturated carbocycles. The van der Waals surface area contributed by atoms with Crippen molar-refractivity contribution in [3.8, 4) is 5.75 Å². The SMILES string of the molecule is Cc1ccc2c(c1)C(=O)CC(O)(C(F)(F)C(F)F)O2. The highest BCUT2D eigenvalue weighted by Gasteiger charge is 2.64. The van der Waals surface area contributed by atoms with E-state index in [1.54, 1.807) is 6.92 Å². The Kier molecular flexibility index (Phi) is 3.04. The molecule has 0 amide bonds. The lowest BCUT2D eigenvalue weighted by Crippen LogP contribution is -2.59. The Morgan fingerprint density at radius 1 is 1.42 bits per heavy atom. The van der Waals surface area contributed by atoms with Crippen molar-refractivity contribution in [1.29, 1.82) is 0 Å². The molecule has 1 atom stereocenters. The standard InChI is InChI=1S/C12H10F4O3/c1-6-2-3-9-7(4-6)8(17)5-11(18,19-9)12(15,16)10(13)14/h2-4,10,18H,5H2,1H3. The predicted octanol–water partition coefficient (Wildman–Crippen LogP) is 2.55. The average molecular weight is 278 g/mol. The smallest absolute Gasteiger partial charge is 0.371 e. The van der Waals surface area contributed by atoms with Gasteiger partial charge in [0.1, 0.15) is 5.75 Å². The molecule has 0 aliphatic carbocycles. The number of carbonyl (C=O) groups is 1. The first-order valence-corrected chi connectivity index (χ1v) is 5.38. The van der Waals surface area contributed by atoms with Crippen LogP contribution in [0.4, 0.5) is 17.6 Å². The highest BCUT2D eigenvalue weighted by Crippen LogP contribution is 2.43. The molecule has 3 nitrogen and oxygen atoms in total. The molecule has 1 aliphatic heterocycles. The van der Waals surface area contributed by atoms with Crippen molar-refractivity contribution in [2.75, 3.05) is 0 Å². The number of carbonyl (C=O) groups excluding carboxylic acids is 1. The number of ketones is 1. The van der Waals surface area contributed by atoms with Crippen molar-refractivity contribution < 1.29 is 32.2 Å². The zero-order chi connectivity index (χ0) is 14.4. The Balaban J connectivity index is 2.46. The molecule has 7 heteroatoms. The number of Topliss-reactive ketones (excluding diaryl/α,β-unsaturated/α-hetero) is 1. The van der Waals surface area contributed by atoms with Gasteiger partial charge >= 0.3 is 12.3 Å². The molecule has 1 aromatic rings. The van der Waals surface area contributed by atoms with Crippen LogP contribution in [0.2, 0.25) is 0 Å². The summed E-state index contributed by atoms with van der Waals surface area (Å²) >= 11 is 0. The van der Waals surface area contributed by atoms with Gasteiger partial charge in [-0.05, 0) is 19.1 Å². The molecule has 2 rings (SSSR count). The van der Waals surface area contributed by atoms with Crippen LogP contribution in [-0.4, -0.2) is 29.0 Å². The number of fused-ring (bicyclic) bond motifs is 1. The number of hydrogen-bond donors (Lipinski definition) is 1. The molecule has 1 aromatic carbocycles. The summed E-state index contributed by atoms with van der Waals surface area (Å²) in [5.74, 6) is -9.57. The Labute approximate surface area is 105 Å². The maximum atomic E-state index is 13.3. The van der Waals surface area contributed by atoms with E-state index in [1.165, 1.54) is 18.2 Å². The monoisotopic (exact) mass is 278 g/mol. The first kappa shape index (κ1) is 13.8. The Bertz CT molecular complexity index is 530. The van der Waals surface area contributed by atoms with Gasteiger partial charge in [0.05, 0.1) is 12.0 Å². The van der Waals surface area contributed by atoms with Crippen LogP contribution in [0.1, 0.15) is 22.3 Å². The third-order valence-corrected chi connectivity index (χ3v) is 2.91. The molecule has 0 bridgehead atoms. The van der Waals surface area contributed by atoms with E-state index in [-0.39, 0.29) is 11.3 Å². The highest BCUT2D eigenvalue weighted by atomic mass is 19.3. The lowest BCUT2D eigenvalue weighted by Gasteiger charge is -2.38. The number of aliphatic hydroxyl groups is 1. The van der Waals surface area contributed by atoms with E-state index in [0.717, 1.165) is 0 Å². The van der Waals surface area contributed by atoms with E-state index in [2.05, 4.69) is 4.74 Å². The van der Waals surface area contributed by atoms with Crippen LogP contribution in [0.15, 0.2) is 18.2 Å². The maximum absolute atomic E-state index is 13.3. The van der Waals surface area contributed by atoms with Crippen LogP contribution in [-0.2, 0) is 0 Å². The first-order valence-electron chi connectivity index (χ1n) is 5.38. The number of aryl methyl sites for hydroxylation is 1. The fraction of sp³-hybridized carbons (Fsp3) is 0.417. The molecular weight excluding hydrogens is 268 g/mol. The zero-order valence-electron chi connectivity index (χ0n) is 9.79. The van der Waals surface area contributed by atoms with Crippen molar-refractivity contribution >= 4 is 5.78 Å². The number of rotatable bonds is 2. The molecule has 0 spiro atoms. The van der Waals surface area contributed by atoms with Gasteiger partial charge in [-0.25, -0.2) is 8.78 Å². The van der Waals surface area contributed by atoms with Crippen LogP contribution < -0.4 is 4.74 Å². The van der Waals surface area contributed by atoms with Gasteiger partial charge in [0, 0.05) is 0 Å². The molecule has 0 saturated heterocycles. The minimum atomic E-state index is -4.84. The van der Waals surface area contributed by atoms with Crippen molar-refractivity contribution in [1.82, 2.24) is 0 Å². The molecule has 1 N–H and O–H groups in total. The summed E-state index contributed by atoms with van der Waals surface area (Å²) in [6.07, 6.45) is -5.36. The molecule has 0 aromatic heterocycles. The van der Waals surface area contributed by atoms with E-state index >= 15 is 0 Å². The van der Waals surface area contributed by atoms with Gasteiger partial charge in [-0.1, -0.05) is 11.6 Å². The number of alkyl halides is 4. The number of benzene rings is 1. The van der Waals surface area contributed by atoms with E-state index < -0.39 is 30.3 Å². The van der Waals surface area contributed by atoms with Gasteiger partial charge in [-0.2, -0.15) is 8.78 Å². The third kappa shape index (κ3) is 2.07. The van der Waals surface area contributed by atoms with Crippen molar-refractivity contribution in [2.45, 2.75) is 31.5 Å². The number of halogens is 4. The molecule has 0 radical (unpaired) electrons. The van der Waals surface area contributed by atoms with Crippen molar-refractivity contribution in [2.24, 2.45) is 0 Å². The van der Waals surface area contributed by atoms with Gasteiger partial charge in [0.15, 0.2) is 5.78 Å². The third-order valence-electron chi connectivity index (χ3n) is 2.91. The van der Waals surface area contributed by atoms with Crippen LogP contribution in [0.25, 0.3) is 0 Å². The quantitative estimate of drug-likeness (QED) is 0.846. The lowest BCUT2D eigenvalue weighted by molar-refractivity contribution is -0.316. The second-order valence-corrected chi connectivity index (χ2v) is 4.41. The molecule has 104 valence electrons. The summed E-state index contributed by atoms with van der Waals surface area (Å²) in [6, 6.07) is 4.03. The minimum absolute atomic E-state index is 0.00487. The molecule has 19 heavy (non-hydrogen) atoms. The van der Waals surface area contributed by atoms with Crippen LogP contribution in [0, 0.1) is 6.92 Å². The zero-order valence-corrected chi connectivity index (χ0v) is 9.79. The molecule has 0 fully saturated rings. The van der Waals surface area contributed by atoms with Crippen molar-refractivity contribution in [3.05, 3.63) is 29.3 Å². The van der Waals surface area contributed by atoms with Gasteiger partial charge in [-0.15, -0.1) is 0 Å². The summed E-state index contributed by atoms with van der Waals surface area (Å²) in [6.45, 7) is 1.67. The van der Waals surface area contributed by atoms with E-state index in [0.29, 0.717) is 5.56 Å². The summed E-state index contributed by atoms with van der Waals surface area (Å²) in [5, 5.41) is 9.58. The van der Waals surface area contributed by atoms with Gasteiger partial charge < -0.3 is 9.84 Å². The second-order valence-electron chi connectivity index (χ2n) is 4.41. The summed E-state index contributed by atoms with van der Waals surface area (Å²) < 4.78 is 55.8. The normalized spacial score (nSPS) is 23.2. The van der Waals surface area contributed by atoms with Gasteiger partial charge in [0.25, 0.3) is 5.79 Å². The Hall–Kier alpha value is -1.63. The predicted molar refractivity (Wildman–Crippen MR) is 56.7 cm³/mol. The summed E-state index contributed by atoms with van der Waals surface area (Å²) in [4.78, 5) is 11.7. The average Bonchev–Trinajstić information content (AvgIpc) is 2.30. The highest BCUT2D eigenvalue weighted by molar-refractivity contribution is 6.00. The van der Waals surface area contributed by atoms with Gasteiger partial charge in [-0.3, -0.25) is 4.79 Å². The lowest BCUT2D eigenvalue weighted by atomic mass is 9.93. The van der Waals surface area contributed by atoms with E-state index in [4.69, 9.17) is 0 Å². The van der Waals surface area contributed by atoms with Crippen LogP contribution in [0.5, 0.6) is 5.75 Å². The molecule has 1 unspecified atom stereocenters. The Morgan fingerprint density at radius 2 is 2.05 bits per heavy atom. The minimum Gasteiger partial charge on any atom is -0.454 e. The largest absolute Gasteiger partial charge is 0.454 e. The van der Waals surface area contributed by atoms with Gasteiger partial charge in [0.2, 0.25) is 0 Å².